The van der Waals surface area contributed by atoms with Crippen LogP contribution in [-0.4, -0.2) is 0 Å². The summed E-state index contributed by atoms with van der Waals surface area (Å²) in [4.78, 5) is 2.60. The zero-order chi connectivity index (χ0) is 41.0. The van der Waals surface area contributed by atoms with Crippen LogP contribution in [0.15, 0.2) is 175 Å². The molecular weight excluding hydrogens is 723 g/mol. The molecule has 0 N–H and O–H groups in total. The van der Waals surface area contributed by atoms with E-state index in [4.69, 9.17) is 0 Å². The Morgan fingerprint density at radius 2 is 1.03 bits per heavy atom. The fraction of sp³-hybridized carbons (Fsp3) is 0.220. The van der Waals surface area contributed by atoms with Gasteiger partial charge in [-0.15, -0.1) is 0 Å². The average molecular weight is 776 g/mol. The Morgan fingerprint density at radius 1 is 0.500 bits per heavy atom. The first-order valence-corrected chi connectivity index (χ1v) is 22.2. The summed E-state index contributed by atoms with van der Waals surface area (Å²) in [5.41, 5.74) is 24.0. The molecule has 1 unspecified atom stereocenters. The van der Waals surface area contributed by atoms with Crippen molar-refractivity contribution in [1.82, 2.24) is 0 Å². The van der Waals surface area contributed by atoms with Gasteiger partial charge in [0.05, 0.1) is 11.4 Å². The number of benzene rings is 7. The van der Waals surface area contributed by atoms with Gasteiger partial charge in [0, 0.05) is 39.0 Å². The maximum absolute atomic E-state index is 2.60. The number of allylic oxidation sites excluding steroid dienone is 4. The van der Waals surface area contributed by atoms with Crippen LogP contribution < -0.4 is 4.90 Å². The number of rotatable bonds is 7. The predicted octanol–water partition coefficient (Wildman–Crippen LogP) is 16.1. The van der Waals surface area contributed by atoms with E-state index >= 15 is 0 Å². The van der Waals surface area contributed by atoms with Gasteiger partial charge in [0.15, 0.2) is 0 Å². The van der Waals surface area contributed by atoms with Crippen molar-refractivity contribution in [1.29, 1.82) is 0 Å². The van der Waals surface area contributed by atoms with Gasteiger partial charge in [-0.1, -0.05) is 193 Å². The van der Waals surface area contributed by atoms with Crippen LogP contribution in [-0.2, 0) is 16.2 Å². The predicted molar refractivity (Wildman–Crippen MR) is 254 cm³/mol. The molecule has 1 heteroatoms. The average Bonchev–Trinajstić information content (AvgIpc) is 3.81. The Morgan fingerprint density at radius 3 is 1.73 bits per heavy atom. The number of para-hydroxylation sites is 2. The van der Waals surface area contributed by atoms with Crippen molar-refractivity contribution in [2.45, 2.75) is 83.0 Å². The normalized spacial score (nSPS) is 17.8. The Balaban J connectivity index is 1.19. The molecule has 0 fully saturated rings. The molecular formula is C59H53N. The monoisotopic (exact) mass is 775 g/mol. The third-order valence-corrected chi connectivity index (χ3v) is 15.2. The molecule has 0 amide bonds. The molecule has 294 valence electrons. The molecule has 0 saturated heterocycles. The highest BCUT2D eigenvalue weighted by Gasteiger charge is 2.46. The highest BCUT2D eigenvalue weighted by molar-refractivity contribution is 6.01. The van der Waals surface area contributed by atoms with Crippen LogP contribution >= 0.6 is 0 Å². The van der Waals surface area contributed by atoms with Crippen molar-refractivity contribution >= 4 is 17.1 Å². The second kappa shape index (κ2) is 13.4. The lowest BCUT2D eigenvalue weighted by Gasteiger charge is -2.33. The Hall–Kier alpha value is -6.18. The lowest BCUT2D eigenvalue weighted by molar-refractivity contribution is 0.468. The summed E-state index contributed by atoms with van der Waals surface area (Å²) in [6.45, 7) is 14.4. The SMILES string of the molecule is CCC1(CC)C2=CC=CCC2c2cc(N(c3ccccc3-c3cccc4c3-c3ccccc3C4(C)C)c3ccccc3-c3cccc4c3C(C)(C)c3ccccc3-4)ccc21. The van der Waals surface area contributed by atoms with Gasteiger partial charge in [0.1, 0.15) is 0 Å². The summed E-state index contributed by atoms with van der Waals surface area (Å²) in [6, 6.07) is 57.8. The van der Waals surface area contributed by atoms with Gasteiger partial charge in [0.25, 0.3) is 0 Å². The summed E-state index contributed by atoms with van der Waals surface area (Å²) in [5, 5.41) is 0. The van der Waals surface area contributed by atoms with E-state index in [0.717, 1.165) is 19.3 Å². The Labute approximate surface area is 356 Å². The molecule has 7 aromatic carbocycles. The van der Waals surface area contributed by atoms with E-state index in [1.54, 1.807) is 5.57 Å². The topological polar surface area (TPSA) is 3.24 Å². The first-order valence-electron chi connectivity index (χ1n) is 22.2. The van der Waals surface area contributed by atoms with Gasteiger partial charge < -0.3 is 4.90 Å². The molecule has 4 aliphatic rings. The van der Waals surface area contributed by atoms with Crippen LogP contribution in [0, 0.1) is 0 Å². The van der Waals surface area contributed by atoms with Gasteiger partial charge in [-0.2, -0.15) is 0 Å². The third kappa shape index (κ3) is 4.99. The molecule has 0 spiro atoms. The van der Waals surface area contributed by atoms with E-state index in [2.05, 4.69) is 216 Å². The fourth-order valence-corrected chi connectivity index (χ4v) is 12.3. The molecule has 11 rings (SSSR count). The molecule has 1 atom stereocenters. The van der Waals surface area contributed by atoms with Crippen molar-refractivity contribution in [2.75, 3.05) is 4.90 Å². The van der Waals surface area contributed by atoms with Crippen molar-refractivity contribution < 1.29 is 0 Å². The van der Waals surface area contributed by atoms with Crippen molar-refractivity contribution in [3.05, 3.63) is 209 Å². The third-order valence-electron chi connectivity index (χ3n) is 15.2. The molecule has 0 saturated carbocycles. The lowest BCUT2D eigenvalue weighted by atomic mass is 9.72. The largest absolute Gasteiger partial charge is 0.309 e. The summed E-state index contributed by atoms with van der Waals surface area (Å²) in [5.74, 6) is 0.394. The van der Waals surface area contributed by atoms with E-state index < -0.39 is 0 Å². The van der Waals surface area contributed by atoms with E-state index in [1.807, 2.05) is 0 Å². The summed E-state index contributed by atoms with van der Waals surface area (Å²) < 4.78 is 0. The Bertz CT molecular complexity index is 2950. The van der Waals surface area contributed by atoms with Gasteiger partial charge in [-0.25, -0.2) is 0 Å². The smallest absolute Gasteiger partial charge is 0.0540 e. The van der Waals surface area contributed by atoms with Gasteiger partial charge >= 0.3 is 0 Å². The van der Waals surface area contributed by atoms with Gasteiger partial charge in [0.2, 0.25) is 0 Å². The van der Waals surface area contributed by atoms with Crippen LogP contribution in [0.1, 0.15) is 100 Å². The van der Waals surface area contributed by atoms with Crippen LogP contribution in [0.5, 0.6) is 0 Å². The number of fused-ring (bicyclic) bond motifs is 9. The van der Waals surface area contributed by atoms with Gasteiger partial charge in [-0.05, 0) is 110 Å². The molecule has 60 heavy (non-hydrogen) atoms. The Kier molecular flexibility index (Phi) is 8.24. The maximum Gasteiger partial charge on any atom is 0.0540 e. The quantitative estimate of drug-likeness (QED) is 0.156. The second-order valence-corrected chi connectivity index (χ2v) is 18.6. The molecule has 0 heterocycles. The number of hydrogen-bond donors (Lipinski definition) is 0. The number of anilines is 3. The molecule has 0 radical (unpaired) electrons. The van der Waals surface area contributed by atoms with Crippen LogP contribution in [0.3, 0.4) is 0 Å². The molecule has 1 nitrogen and oxygen atoms in total. The second-order valence-electron chi connectivity index (χ2n) is 18.6. The van der Waals surface area contributed by atoms with Gasteiger partial charge in [-0.3, -0.25) is 0 Å². The van der Waals surface area contributed by atoms with E-state index in [0.29, 0.717) is 5.92 Å². The molecule has 0 aliphatic heterocycles. The lowest BCUT2D eigenvalue weighted by Crippen LogP contribution is -2.24. The zero-order valence-corrected chi connectivity index (χ0v) is 35.8. The minimum absolute atomic E-state index is 0.0693. The summed E-state index contributed by atoms with van der Waals surface area (Å²) in [7, 11) is 0. The minimum Gasteiger partial charge on any atom is -0.309 e. The van der Waals surface area contributed by atoms with E-state index in [9.17, 15) is 0 Å². The molecule has 7 aromatic rings. The fourth-order valence-electron chi connectivity index (χ4n) is 12.3. The molecule has 4 aliphatic carbocycles. The van der Waals surface area contributed by atoms with Crippen molar-refractivity contribution in [3.63, 3.8) is 0 Å². The van der Waals surface area contributed by atoms with Crippen LogP contribution in [0.2, 0.25) is 0 Å². The number of nitrogens with zero attached hydrogens (tertiary/aromatic N) is 1. The van der Waals surface area contributed by atoms with Crippen LogP contribution in [0.4, 0.5) is 17.1 Å². The highest BCUT2D eigenvalue weighted by Crippen LogP contribution is 2.60. The first kappa shape index (κ1) is 36.9. The summed E-state index contributed by atoms with van der Waals surface area (Å²) in [6.07, 6.45) is 10.4. The van der Waals surface area contributed by atoms with Crippen molar-refractivity contribution in [2.24, 2.45) is 0 Å². The highest BCUT2D eigenvalue weighted by atomic mass is 15.1. The van der Waals surface area contributed by atoms with Crippen molar-refractivity contribution in [3.8, 4) is 44.5 Å². The standard InChI is InChI=1S/C59H53N/c1-7-59(8-2)50-31-16-10-22-40(50)47-37-38(35-36-51(47)59)60(53-33-17-12-23-41(53)43-26-20-32-52-55(43)46-25-11-15-30-49(46)57(52,3)4)54-34-18-13-24-42(54)45-28-19-27-44-39-21-9-14-29-48(39)58(5,6)56(44)45/h9-21,23-37,40H,7-8,22H2,1-6H3. The molecule has 0 bridgehead atoms. The number of hydrogen-bond acceptors (Lipinski definition) is 1. The first-order chi connectivity index (χ1) is 29.2. The van der Waals surface area contributed by atoms with Crippen LogP contribution in [0.25, 0.3) is 44.5 Å². The molecule has 0 aromatic heterocycles. The van der Waals surface area contributed by atoms with E-state index in [1.165, 1.54) is 95.0 Å². The minimum atomic E-state index is -0.155. The summed E-state index contributed by atoms with van der Waals surface area (Å²) >= 11 is 0. The zero-order valence-electron chi connectivity index (χ0n) is 35.8. The maximum atomic E-state index is 2.60. The van der Waals surface area contributed by atoms with E-state index in [-0.39, 0.29) is 16.2 Å².